The Labute approximate surface area is 103 Å². The van der Waals surface area contributed by atoms with Crippen LogP contribution in [0, 0.1) is 5.82 Å². The fourth-order valence-electron chi connectivity index (χ4n) is 1.55. The third kappa shape index (κ3) is 2.71. The Bertz CT molecular complexity index is 574. The zero-order valence-corrected chi connectivity index (χ0v) is 9.81. The number of ether oxygens (including phenoxy) is 1. The Kier molecular flexibility index (Phi) is 3.66. The molecule has 0 atom stereocenters. The molecule has 0 spiro atoms. The first-order valence-corrected chi connectivity index (χ1v) is 5.41. The fraction of sp³-hybridized carbons (Fsp3) is 0.250. The number of carbonyl (C=O) groups is 1. The second-order valence-corrected chi connectivity index (χ2v) is 3.64. The molecule has 0 aliphatic carbocycles. The van der Waals surface area contributed by atoms with Crippen LogP contribution in [0.2, 0.25) is 0 Å². The summed E-state index contributed by atoms with van der Waals surface area (Å²) in [7, 11) is 1.33. The summed E-state index contributed by atoms with van der Waals surface area (Å²) in [6.45, 7) is 0.370. The van der Waals surface area contributed by atoms with Crippen LogP contribution in [0.3, 0.4) is 0 Å². The number of esters is 1. The lowest BCUT2D eigenvalue weighted by Crippen LogP contribution is -2.10. The van der Waals surface area contributed by atoms with Crippen molar-refractivity contribution >= 4 is 22.7 Å². The summed E-state index contributed by atoms with van der Waals surface area (Å²) in [6.07, 6.45) is 1.61. The third-order valence-electron chi connectivity index (χ3n) is 2.45. The van der Waals surface area contributed by atoms with Crippen LogP contribution in [0.4, 0.5) is 10.2 Å². The molecule has 1 aromatic heterocycles. The van der Waals surface area contributed by atoms with Gasteiger partial charge in [-0.25, -0.2) is 14.4 Å². The Morgan fingerprint density at radius 2 is 2.28 bits per heavy atom. The summed E-state index contributed by atoms with van der Waals surface area (Å²) in [6, 6.07) is 4.28. The van der Waals surface area contributed by atoms with Crippen LogP contribution in [0.15, 0.2) is 24.5 Å². The summed E-state index contributed by atoms with van der Waals surface area (Å²) < 4.78 is 17.7. The van der Waals surface area contributed by atoms with E-state index in [0.717, 1.165) is 0 Å². The van der Waals surface area contributed by atoms with E-state index in [2.05, 4.69) is 20.0 Å². The van der Waals surface area contributed by atoms with E-state index < -0.39 is 0 Å². The number of nitrogens with one attached hydrogen (secondary N) is 1. The summed E-state index contributed by atoms with van der Waals surface area (Å²) >= 11 is 0. The molecule has 1 aromatic carbocycles. The van der Waals surface area contributed by atoms with Gasteiger partial charge in [-0.05, 0) is 18.2 Å². The molecule has 0 radical (unpaired) electrons. The maximum Gasteiger partial charge on any atom is 0.307 e. The summed E-state index contributed by atoms with van der Waals surface area (Å²) in [4.78, 5) is 19.0. The number of benzene rings is 1. The molecule has 0 unspecified atom stereocenters. The molecular formula is C12H12FN3O2. The van der Waals surface area contributed by atoms with Gasteiger partial charge in [0.2, 0.25) is 0 Å². The third-order valence-corrected chi connectivity index (χ3v) is 2.45. The molecule has 0 fully saturated rings. The van der Waals surface area contributed by atoms with E-state index in [9.17, 15) is 9.18 Å². The Morgan fingerprint density at radius 3 is 3.06 bits per heavy atom. The molecule has 5 nitrogen and oxygen atoms in total. The summed E-state index contributed by atoms with van der Waals surface area (Å²) in [5.74, 6) is -0.163. The quantitative estimate of drug-likeness (QED) is 0.836. The molecule has 2 aromatic rings. The molecule has 94 valence electrons. The van der Waals surface area contributed by atoms with Crippen molar-refractivity contribution in [3.8, 4) is 0 Å². The van der Waals surface area contributed by atoms with Gasteiger partial charge in [0.15, 0.2) is 0 Å². The number of nitrogens with zero attached hydrogens (tertiary/aromatic N) is 2. The number of anilines is 1. The van der Waals surface area contributed by atoms with E-state index in [4.69, 9.17) is 0 Å². The molecule has 0 amide bonds. The van der Waals surface area contributed by atoms with Crippen LogP contribution in [-0.4, -0.2) is 29.6 Å². The van der Waals surface area contributed by atoms with Crippen molar-refractivity contribution in [3.05, 3.63) is 30.3 Å². The zero-order valence-electron chi connectivity index (χ0n) is 9.81. The van der Waals surface area contributed by atoms with Crippen molar-refractivity contribution in [3.63, 3.8) is 0 Å². The van der Waals surface area contributed by atoms with Crippen LogP contribution in [0.5, 0.6) is 0 Å². The zero-order chi connectivity index (χ0) is 13.0. The predicted octanol–water partition coefficient (Wildman–Crippen LogP) is 1.74. The Morgan fingerprint density at radius 1 is 1.44 bits per heavy atom. The number of methoxy groups -OCH3 is 1. The highest BCUT2D eigenvalue weighted by atomic mass is 19.1. The average molecular weight is 249 g/mol. The van der Waals surface area contributed by atoms with Gasteiger partial charge in [-0.15, -0.1) is 0 Å². The lowest BCUT2D eigenvalue weighted by Gasteiger charge is -2.07. The van der Waals surface area contributed by atoms with Gasteiger partial charge >= 0.3 is 5.97 Å². The molecule has 0 bridgehead atoms. The molecule has 0 saturated heterocycles. The number of hydrogen-bond acceptors (Lipinski definition) is 5. The Hall–Kier alpha value is -2.24. The number of carbonyl (C=O) groups excluding carboxylic acids is 1. The van der Waals surface area contributed by atoms with Crippen LogP contribution < -0.4 is 5.32 Å². The molecular weight excluding hydrogens is 237 g/mol. The van der Waals surface area contributed by atoms with Crippen LogP contribution in [-0.2, 0) is 9.53 Å². The molecule has 6 heteroatoms. The largest absolute Gasteiger partial charge is 0.469 e. The number of aromatic nitrogens is 2. The maximum atomic E-state index is 13.2. The van der Waals surface area contributed by atoms with Crippen molar-refractivity contribution in [2.75, 3.05) is 19.0 Å². The molecule has 18 heavy (non-hydrogen) atoms. The minimum absolute atomic E-state index is 0.220. The minimum atomic E-state index is -0.353. The molecule has 1 heterocycles. The first-order chi connectivity index (χ1) is 8.70. The van der Waals surface area contributed by atoms with Crippen LogP contribution in [0.1, 0.15) is 6.42 Å². The minimum Gasteiger partial charge on any atom is -0.469 e. The standard InChI is InChI=1S/C12H12FN3O2/c1-18-11(17)4-5-14-12-9-6-8(13)2-3-10(9)15-7-16-12/h2-3,6-7H,4-5H2,1H3,(H,14,15,16). The normalized spacial score (nSPS) is 10.3. The molecule has 0 aliphatic rings. The summed E-state index contributed by atoms with van der Waals surface area (Å²) in [5, 5.41) is 3.55. The number of rotatable bonds is 4. The lowest BCUT2D eigenvalue weighted by molar-refractivity contribution is -0.140. The van der Waals surface area contributed by atoms with E-state index in [-0.39, 0.29) is 18.2 Å². The topological polar surface area (TPSA) is 64.1 Å². The van der Waals surface area contributed by atoms with Crippen molar-refractivity contribution in [2.24, 2.45) is 0 Å². The van der Waals surface area contributed by atoms with Gasteiger partial charge in [0.25, 0.3) is 0 Å². The monoisotopic (exact) mass is 249 g/mol. The van der Waals surface area contributed by atoms with Crippen molar-refractivity contribution in [2.45, 2.75) is 6.42 Å². The first-order valence-electron chi connectivity index (χ1n) is 5.41. The number of halogens is 1. The first kappa shape index (κ1) is 12.2. The molecule has 1 N–H and O–H groups in total. The number of hydrogen-bond donors (Lipinski definition) is 1. The molecule has 0 aliphatic heterocycles. The maximum absolute atomic E-state index is 13.2. The predicted molar refractivity (Wildman–Crippen MR) is 64.6 cm³/mol. The highest BCUT2D eigenvalue weighted by Gasteiger charge is 2.05. The van der Waals surface area contributed by atoms with Crippen LogP contribution in [0.25, 0.3) is 10.9 Å². The van der Waals surface area contributed by atoms with E-state index in [0.29, 0.717) is 23.3 Å². The Balaban J connectivity index is 2.17. The van der Waals surface area contributed by atoms with Gasteiger partial charge in [0.05, 0.1) is 19.0 Å². The van der Waals surface area contributed by atoms with Crippen molar-refractivity contribution in [1.82, 2.24) is 9.97 Å². The van der Waals surface area contributed by atoms with Crippen molar-refractivity contribution in [1.29, 1.82) is 0 Å². The van der Waals surface area contributed by atoms with Gasteiger partial charge < -0.3 is 10.1 Å². The highest BCUT2D eigenvalue weighted by molar-refractivity contribution is 5.88. The van der Waals surface area contributed by atoms with Crippen molar-refractivity contribution < 1.29 is 13.9 Å². The average Bonchev–Trinajstić information content (AvgIpc) is 2.39. The van der Waals surface area contributed by atoms with Crippen LogP contribution >= 0.6 is 0 Å². The van der Waals surface area contributed by atoms with Gasteiger partial charge in [-0.3, -0.25) is 4.79 Å². The van der Waals surface area contributed by atoms with E-state index >= 15 is 0 Å². The lowest BCUT2D eigenvalue weighted by atomic mass is 10.2. The molecule has 0 saturated carbocycles. The number of fused-ring (bicyclic) bond motifs is 1. The fourth-order valence-corrected chi connectivity index (χ4v) is 1.55. The van der Waals surface area contributed by atoms with E-state index in [1.807, 2.05) is 0 Å². The highest BCUT2D eigenvalue weighted by Crippen LogP contribution is 2.19. The summed E-state index contributed by atoms with van der Waals surface area (Å²) in [5.41, 5.74) is 0.645. The van der Waals surface area contributed by atoms with E-state index in [1.165, 1.54) is 25.6 Å². The van der Waals surface area contributed by atoms with Gasteiger partial charge in [0, 0.05) is 11.9 Å². The van der Waals surface area contributed by atoms with Gasteiger partial charge in [-0.1, -0.05) is 0 Å². The van der Waals surface area contributed by atoms with Gasteiger partial charge in [-0.2, -0.15) is 0 Å². The molecule has 2 rings (SSSR count). The second kappa shape index (κ2) is 5.39. The second-order valence-electron chi connectivity index (χ2n) is 3.64. The van der Waals surface area contributed by atoms with E-state index in [1.54, 1.807) is 6.07 Å². The van der Waals surface area contributed by atoms with Gasteiger partial charge in [0.1, 0.15) is 18.0 Å². The smallest absolute Gasteiger partial charge is 0.307 e. The SMILES string of the molecule is COC(=O)CCNc1ncnc2ccc(F)cc12.